The maximum atomic E-state index is 13.9. The van der Waals surface area contributed by atoms with Crippen LogP contribution in [0.25, 0.3) is 6.08 Å². The summed E-state index contributed by atoms with van der Waals surface area (Å²) in [4.78, 5) is 32.1. The van der Waals surface area contributed by atoms with E-state index in [1.807, 2.05) is 67.6 Å². The smallest absolute Gasteiger partial charge is 0.338 e. The SMILES string of the molecule is CCOC(=O)C1=C(C)N=c2s/c(=C\c3ccc(OCc4ccccc4)c(OCC)c3)c(=O)n2[C@H]1c1ccccc1Cl. The van der Waals surface area contributed by atoms with Crippen LogP contribution in [0, 0.1) is 0 Å². The van der Waals surface area contributed by atoms with Crippen molar-refractivity contribution in [1.29, 1.82) is 0 Å². The zero-order valence-corrected chi connectivity index (χ0v) is 24.5. The molecule has 210 valence electrons. The van der Waals surface area contributed by atoms with E-state index < -0.39 is 12.0 Å². The van der Waals surface area contributed by atoms with Gasteiger partial charge in [0, 0.05) is 5.02 Å². The molecule has 0 radical (unpaired) electrons. The molecule has 0 spiro atoms. The summed E-state index contributed by atoms with van der Waals surface area (Å²) in [5, 5.41) is 0.441. The molecule has 0 amide bonds. The van der Waals surface area contributed by atoms with Crippen LogP contribution in [0.15, 0.2) is 93.9 Å². The van der Waals surface area contributed by atoms with Crippen molar-refractivity contribution in [3.05, 3.63) is 125 Å². The van der Waals surface area contributed by atoms with Gasteiger partial charge in [-0.15, -0.1) is 0 Å². The van der Waals surface area contributed by atoms with Gasteiger partial charge in [-0.25, -0.2) is 9.79 Å². The van der Waals surface area contributed by atoms with E-state index in [4.69, 9.17) is 25.8 Å². The molecule has 0 fully saturated rings. The van der Waals surface area contributed by atoms with E-state index in [0.717, 1.165) is 11.1 Å². The van der Waals surface area contributed by atoms with Crippen molar-refractivity contribution in [3.63, 3.8) is 0 Å². The summed E-state index contributed by atoms with van der Waals surface area (Å²) < 4.78 is 19.2. The maximum absolute atomic E-state index is 13.9. The third-order valence-corrected chi connectivity index (χ3v) is 7.85. The molecule has 1 aliphatic heterocycles. The third kappa shape index (κ3) is 5.99. The minimum Gasteiger partial charge on any atom is -0.490 e. The van der Waals surface area contributed by atoms with Gasteiger partial charge in [-0.05, 0) is 61.7 Å². The first-order valence-electron chi connectivity index (χ1n) is 13.3. The van der Waals surface area contributed by atoms with Gasteiger partial charge >= 0.3 is 5.97 Å². The molecule has 9 heteroatoms. The molecule has 0 bridgehead atoms. The highest BCUT2D eigenvalue weighted by Crippen LogP contribution is 2.34. The molecule has 1 aromatic heterocycles. The number of fused-ring (bicyclic) bond motifs is 1. The summed E-state index contributed by atoms with van der Waals surface area (Å²) >= 11 is 7.83. The number of carbonyl (C=O) groups is 1. The Labute approximate surface area is 246 Å². The molecule has 0 saturated carbocycles. The van der Waals surface area contributed by atoms with Crippen LogP contribution in [0.5, 0.6) is 11.5 Å². The lowest BCUT2D eigenvalue weighted by molar-refractivity contribution is -0.139. The van der Waals surface area contributed by atoms with Gasteiger partial charge in [0.05, 0.1) is 29.0 Å². The average molecular weight is 589 g/mol. The van der Waals surface area contributed by atoms with E-state index in [-0.39, 0.29) is 17.7 Å². The molecule has 1 aliphatic rings. The van der Waals surface area contributed by atoms with Crippen molar-refractivity contribution >= 4 is 35.0 Å². The Bertz CT molecular complexity index is 1790. The molecule has 0 N–H and O–H groups in total. The number of rotatable bonds is 9. The number of aromatic nitrogens is 1. The van der Waals surface area contributed by atoms with Crippen LogP contribution in [0.4, 0.5) is 0 Å². The monoisotopic (exact) mass is 588 g/mol. The number of allylic oxidation sites excluding steroid dienone is 1. The molecule has 5 rings (SSSR count). The summed E-state index contributed by atoms with van der Waals surface area (Å²) in [7, 11) is 0. The highest BCUT2D eigenvalue weighted by molar-refractivity contribution is 7.07. The standard InChI is InChI=1S/C32H29ClN2O5S/c1-4-38-26-17-22(15-16-25(26)40-19-21-11-7-6-8-12-21)18-27-30(36)35-29(23-13-9-10-14-24(23)33)28(31(37)39-5-2)20(3)34-32(35)41-27/h6-18,29H,4-5,19H2,1-3H3/b27-18-/t29-/m0/s1. The van der Waals surface area contributed by atoms with Gasteiger partial charge in [-0.2, -0.15) is 0 Å². The summed E-state index contributed by atoms with van der Waals surface area (Å²) in [5.74, 6) is 0.669. The van der Waals surface area contributed by atoms with E-state index in [0.29, 0.717) is 50.3 Å². The molecule has 2 heterocycles. The Balaban J connectivity index is 1.57. The minimum absolute atomic E-state index is 0.197. The average Bonchev–Trinajstić information content (AvgIpc) is 3.27. The number of hydrogen-bond acceptors (Lipinski definition) is 7. The van der Waals surface area contributed by atoms with Gasteiger partial charge in [0.2, 0.25) is 0 Å². The fourth-order valence-electron chi connectivity index (χ4n) is 4.67. The molecule has 0 saturated heterocycles. The van der Waals surface area contributed by atoms with Crippen LogP contribution < -0.4 is 24.4 Å². The lowest BCUT2D eigenvalue weighted by Gasteiger charge is -2.25. The van der Waals surface area contributed by atoms with Gasteiger partial charge in [0.25, 0.3) is 5.56 Å². The molecule has 41 heavy (non-hydrogen) atoms. The summed E-state index contributed by atoms with van der Waals surface area (Å²) in [6.45, 7) is 6.45. The second kappa shape index (κ2) is 12.6. The van der Waals surface area contributed by atoms with Crippen molar-refractivity contribution in [3.8, 4) is 11.5 Å². The van der Waals surface area contributed by atoms with E-state index >= 15 is 0 Å². The topological polar surface area (TPSA) is 79.1 Å². The van der Waals surface area contributed by atoms with Crippen LogP contribution >= 0.6 is 22.9 Å². The summed E-state index contributed by atoms with van der Waals surface area (Å²) in [6.07, 6.45) is 1.79. The molecular formula is C32H29ClN2O5S. The van der Waals surface area contributed by atoms with Crippen molar-refractivity contribution in [2.24, 2.45) is 4.99 Å². The molecule has 7 nitrogen and oxygen atoms in total. The van der Waals surface area contributed by atoms with E-state index in [1.54, 1.807) is 32.1 Å². The van der Waals surface area contributed by atoms with Crippen molar-refractivity contribution in [1.82, 2.24) is 4.57 Å². The van der Waals surface area contributed by atoms with Gasteiger partial charge in [-0.1, -0.05) is 77.5 Å². The van der Waals surface area contributed by atoms with Crippen molar-refractivity contribution in [2.75, 3.05) is 13.2 Å². The Morgan fingerprint density at radius 1 is 1.00 bits per heavy atom. The maximum Gasteiger partial charge on any atom is 0.338 e. The predicted molar refractivity (Wildman–Crippen MR) is 160 cm³/mol. The number of halogens is 1. The first-order chi connectivity index (χ1) is 19.9. The van der Waals surface area contributed by atoms with Crippen LogP contribution in [-0.2, 0) is 16.1 Å². The second-order valence-corrected chi connectivity index (χ2v) is 10.7. The molecular weight excluding hydrogens is 560 g/mol. The van der Waals surface area contributed by atoms with Crippen LogP contribution in [-0.4, -0.2) is 23.8 Å². The molecule has 0 aliphatic carbocycles. The first kappa shape index (κ1) is 28.4. The van der Waals surface area contributed by atoms with Gasteiger partial charge in [0.1, 0.15) is 12.6 Å². The first-order valence-corrected chi connectivity index (χ1v) is 14.5. The van der Waals surface area contributed by atoms with E-state index in [9.17, 15) is 9.59 Å². The van der Waals surface area contributed by atoms with Gasteiger partial charge in [0.15, 0.2) is 16.3 Å². The summed E-state index contributed by atoms with van der Waals surface area (Å²) in [6, 6.07) is 21.9. The normalized spacial score (nSPS) is 14.8. The minimum atomic E-state index is -0.770. The molecule has 3 aromatic carbocycles. The highest BCUT2D eigenvalue weighted by Gasteiger charge is 2.34. The number of benzene rings is 3. The fourth-order valence-corrected chi connectivity index (χ4v) is 5.96. The number of nitrogens with zero attached hydrogens (tertiary/aromatic N) is 2. The van der Waals surface area contributed by atoms with Crippen LogP contribution in [0.3, 0.4) is 0 Å². The van der Waals surface area contributed by atoms with Gasteiger partial charge < -0.3 is 14.2 Å². The lowest BCUT2D eigenvalue weighted by atomic mass is 9.96. The zero-order chi connectivity index (χ0) is 28.9. The molecule has 1 atom stereocenters. The fraction of sp³-hybridized carbons (Fsp3) is 0.219. The Hall–Kier alpha value is -4.14. The summed E-state index contributed by atoms with van der Waals surface area (Å²) in [5.41, 5.74) is 2.93. The van der Waals surface area contributed by atoms with Crippen LogP contribution in [0.1, 0.15) is 43.5 Å². The number of carbonyl (C=O) groups excluding carboxylic acids is 1. The third-order valence-electron chi connectivity index (χ3n) is 6.52. The van der Waals surface area contributed by atoms with Crippen molar-refractivity contribution in [2.45, 2.75) is 33.4 Å². The largest absolute Gasteiger partial charge is 0.490 e. The predicted octanol–water partition coefficient (Wildman–Crippen LogP) is 5.43. The lowest BCUT2D eigenvalue weighted by Crippen LogP contribution is -2.40. The number of ether oxygens (including phenoxy) is 3. The Morgan fingerprint density at radius 3 is 2.49 bits per heavy atom. The highest BCUT2D eigenvalue weighted by atomic mass is 35.5. The van der Waals surface area contributed by atoms with E-state index in [1.165, 1.54) is 15.9 Å². The Kier molecular flexibility index (Phi) is 8.71. The zero-order valence-electron chi connectivity index (χ0n) is 22.9. The number of esters is 1. The number of thiazole rings is 1. The molecule has 4 aromatic rings. The molecule has 0 unspecified atom stereocenters. The quantitative estimate of drug-likeness (QED) is 0.244. The second-order valence-electron chi connectivity index (χ2n) is 9.24. The van der Waals surface area contributed by atoms with E-state index in [2.05, 4.69) is 4.99 Å². The Morgan fingerprint density at radius 2 is 1.76 bits per heavy atom. The van der Waals surface area contributed by atoms with Crippen LogP contribution in [0.2, 0.25) is 5.02 Å². The van der Waals surface area contributed by atoms with Gasteiger partial charge in [-0.3, -0.25) is 9.36 Å². The number of hydrogen-bond donors (Lipinski definition) is 0. The van der Waals surface area contributed by atoms with Crippen molar-refractivity contribution < 1.29 is 19.0 Å².